The van der Waals surface area contributed by atoms with E-state index in [2.05, 4.69) is 15.7 Å². The number of nitrogens with one attached hydrogen (secondary N) is 2. The standard InChI is InChI=1S/C20H25FN4O2/c1-20(2,14-7-9-15(21)10-8-14)19(27)24-17-11-22-25(12-17)13-18(26)23-16-5-3-4-6-16/h7-12,16H,3-6,13H2,1-2H3,(H,23,26)(H,24,27). The summed E-state index contributed by atoms with van der Waals surface area (Å²) in [4.78, 5) is 24.7. The predicted octanol–water partition coefficient (Wildman–Crippen LogP) is 3.00. The van der Waals surface area contributed by atoms with E-state index in [1.807, 2.05) is 0 Å². The van der Waals surface area contributed by atoms with Gasteiger partial charge in [0.2, 0.25) is 11.8 Å². The fraction of sp³-hybridized carbons (Fsp3) is 0.450. The van der Waals surface area contributed by atoms with Gasteiger partial charge in [-0.1, -0.05) is 25.0 Å². The van der Waals surface area contributed by atoms with Crippen molar-refractivity contribution in [2.45, 2.75) is 57.5 Å². The summed E-state index contributed by atoms with van der Waals surface area (Å²) in [5.41, 5.74) is 0.393. The van der Waals surface area contributed by atoms with Crippen LogP contribution in [0, 0.1) is 5.82 Å². The van der Waals surface area contributed by atoms with Crippen LogP contribution in [0.3, 0.4) is 0 Å². The molecule has 27 heavy (non-hydrogen) atoms. The molecule has 0 radical (unpaired) electrons. The van der Waals surface area contributed by atoms with Crippen LogP contribution in [-0.4, -0.2) is 27.6 Å². The van der Waals surface area contributed by atoms with Gasteiger partial charge in [-0.05, 0) is 44.4 Å². The van der Waals surface area contributed by atoms with Gasteiger partial charge in [0.05, 0.1) is 17.3 Å². The van der Waals surface area contributed by atoms with Crippen LogP contribution in [0.1, 0.15) is 45.1 Å². The molecule has 2 N–H and O–H groups in total. The van der Waals surface area contributed by atoms with Crippen LogP contribution >= 0.6 is 0 Å². The van der Waals surface area contributed by atoms with Gasteiger partial charge in [-0.15, -0.1) is 0 Å². The molecule has 0 bridgehead atoms. The molecule has 6 nitrogen and oxygen atoms in total. The number of hydrogen-bond donors (Lipinski definition) is 2. The van der Waals surface area contributed by atoms with Gasteiger partial charge < -0.3 is 10.6 Å². The third kappa shape index (κ3) is 4.72. The quantitative estimate of drug-likeness (QED) is 0.818. The zero-order valence-electron chi connectivity index (χ0n) is 15.7. The van der Waals surface area contributed by atoms with E-state index < -0.39 is 5.41 Å². The normalized spacial score (nSPS) is 14.9. The molecule has 1 aliphatic rings. The summed E-state index contributed by atoms with van der Waals surface area (Å²) in [6, 6.07) is 6.15. The number of aromatic nitrogens is 2. The first-order valence-electron chi connectivity index (χ1n) is 9.24. The van der Waals surface area contributed by atoms with Gasteiger partial charge in [-0.25, -0.2) is 4.39 Å². The van der Waals surface area contributed by atoms with Gasteiger partial charge in [0.25, 0.3) is 0 Å². The van der Waals surface area contributed by atoms with Crippen LogP contribution in [-0.2, 0) is 21.5 Å². The van der Waals surface area contributed by atoms with Crippen LogP contribution in [0.5, 0.6) is 0 Å². The Balaban J connectivity index is 1.58. The van der Waals surface area contributed by atoms with Crippen LogP contribution in [0.4, 0.5) is 10.1 Å². The molecule has 1 saturated carbocycles. The molecular formula is C20H25FN4O2. The number of halogens is 1. The monoisotopic (exact) mass is 372 g/mol. The lowest BCUT2D eigenvalue weighted by Crippen LogP contribution is -2.35. The summed E-state index contributed by atoms with van der Waals surface area (Å²) >= 11 is 0. The maximum Gasteiger partial charge on any atom is 0.241 e. The largest absolute Gasteiger partial charge is 0.352 e. The summed E-state index contributed by atoms with van der Waals surface area (Å²) in [5, 5.41) is 9.97. The molecule has 0 unspecified atom stereocenters. The minimum absolute atomic E-state index is 0.0745. The van der Waals surface area contributed by atoms with Crippen molar-refractivity contribution < 1.29 is 14.0 Å². The maximum absolute atomic E-state index is 13.1. The Morgan fingerprint density at radius 1 is 1.22 bits per heavy atom. The Morgan fingerprint density at radius 3 is 2.56 bits per heavy atom. The van der Waals surface area contributed by atoms with Crippen molar-refractivity contribution in [3.8, 4) is 0 Å². The molecule has 0 spiro atoms. The maximum atomic E-state index is 13.1. The number of anilines is 1. The number of nitrogens with zero attached hydrogens (tertiary/aromatic N) is 2. The van der Waals surface area contributed by atoms with E-state index in [1.165, 1.54) is 23.0 Å². The first-order chi connectivity index (χ1) is 12.8. The Kier molecular flexibility index (Phi) is 5.58. The average Bonchev–Trinajstić information content (AvgIpc) is 3.27. The van der Waals surface area contributed by atoms with Crippen molar-refractivity contribution >= 4 is 17.5 Å². The summed E-state index contributed by atoms with van der Waals surface area (Å²) in [7, 11) is 0. The molecule has 7 heteroatoms. The second kappa shape index (κ2) is 7.90. The first kappa shape index (κ1) is 19.1. The summed E-state index contributed by atoms with van der Waals surface area (Å²) in [6.07, 6.45) is 7.53. The number of hydrogen-bond acceptors (Lipinski definition) is 3. The number of carbonyl (C=O) groups is 2. The van der Waals surface area contributed by atoms with E-state index in [-0.39, 0.29) is 30.2 Å². The lowest BCUT2D eigenvalue weighted by atomic mass is 9.83. The minimum Gasteiger partial charge on any atom is -0.352 e. The number of rotatable bonds is 6. The van der Waals surface area contributed by atoms with Crippen molar-refractivity contribution in [2.24, 2.45) is 0 Å². The zero-order valence-corrected chi connectivity index (χ0v) is 15.7. The predicted molar refractivity (Wildman–Crippen MR) is 101 cm³/mol. The molecule has 2 aromatic rings. The Hall–Kier alpha value is -2.70. The van der Waals surface area contributed by atoms with E-state index in [0.29, 0.717) is 11.3 Å². The molecule has 1 heterocycles. The van der Waals surface area contributed by atoms with E-state index >= 15 is 0 Å². The Morgan fingerprint density at radius 2 is 1.89 bits per heavy atom. The zero-order chi connectivity index (χ0) is 19.4. The van der Waals surface area contributed by atoms with Crippen LogP contribution in [0.25, 0.3) is 0 Å². The lowest BCUT2D eigenvalue weighted by Gasteiger charge is -2.23. The number of amides is 2. The number of carbonyl (C=O) groups excluding carboxylic acids is 2. The first-order valence-corrected chi connectivity index (χ1v) is 9.24. The van der Waals surface area contributed by atoms with Crippen LogP contribution in [0.2, 0.25) is 0 Å². The molecule has 0 saturated heterocycles. The van der Waals surface area contributed by atoms with Gasteiger partial charge in [-0.3, -0.25) is 14.3 Å². The van der Waals surface area contributed by atoms with E-state index in [0.717, 1.165) is 25.7 Å². The molecular weight excluding hydrogens is 347 g/mol. The Labute approximate surface area is 158 Å². The van der Waals surface area contributed by atoms with Crippen molar-refractivity contribution in [1.29, 1.82) is 0 Å². The van der Waals surface area contributed by atoms with Gasteiger partial charge in [0, 0.05) is 12.2 Å². The highest BCUT2D eigenvalue weighted by molar-refractivity contribution is 5.98. The smallest absolute Gasteiger partial charge is 0.241 e. The number of benzene rings is 1. The third-order valence-corrected chi connectivity index (χ3v) is 5.05. The summed E-state index contributed by atoms with van der Waals surface area (Å²) in [6.45, 7) is 3.66. The molecule has 2 amide bonds. The lowest BCUT2D eigenvalue weighted by molar-refractivity contribution is -0.122. The summed E-state index contributed by atoms with van der Waals surface area (Å²) in [5.74, 6) is -0.648. The van der Waals surface area contributed by atoms with Gasteiger partial charge in [0.15, 0.2) is 0 Å². The fourth-order valence-electron chi connectivity index (χ4n) is 3.29. The highest BCUT2D eigenvalue weighted by atomic mass is 19.1. The Bertz CT molecular complexity index is 808. The van der Waals surface area contributed by atoms with Crippen molar-refractivity contribution in [3.63, 3.8) is 0 Å². The van der Waals surface area contributed by atoms with Gasteiger partial charge in [0.1, 0.15) is 12.4 Å². The highest BCUT2D eigenvalue weighted by Crippen LogP contribution is 2.25. The van der Waals surface area contributed by atoms with Gasteiger partial charge >= 0.3 is 0 Å². The second-order valence-electron chi connectivity index (χ2n) is 7.56. The van der Waals surface area contributed by atoms with Crippen molar-refractivity contribution in [1.82, 2.24) is 15.1 Å². The molecule has 1 aromatic heterocycles. The second-order valence-corrected chi connectivity index (χ2v) is 7.56. The molecule has 144 valence electrons. The highest BCUT2D eigenvalue weighted by Gasteiger charge is 2.30. The van der Waals surface area contributed by atoms with Gasteiger partial charge in [-0.2, -0.15) is 5.10 Å². The molecule has 0 atom stereocenters. The third-order valence-electron chi connectivity index (χ3n) is 5.05. The van der Waals surface area contributed by atoms with Crippen LogP contribution < -0.4 is 10.6 Å². The van der Waals surface area contributed by atoms with Crippen LogP contribution in [0.15, 0.2) is 36.7 Å². The molecule has 0 aliphatic heterocycles. The fourth-order valence-corrected chi connectivity index (χ4v) is 3.29. The van der Waals surface area contributed by atoms with Crippen molar-refractivity contribution in [2.75, 3.05) is 5.32 Å². The van der Waals surface area contributed by atoms with E-state index in [9.17, 15) is 14.0 Å². The summed E-state index contributed by atoms with van der Waals surface area (Å²) < 4.78 is 14.6. The SMILES string of the molecule is CC(C)(C(=O)Nc1cnn(CC(=O)NC2CCCC2)c1)c1ccc(F)cc1. The average molecular weight is 372 g/mol. The van der Waals surface area contributed by atoms with E-state index in [4.69, 9.17) is 0 Å². The molecule has 1 aliphatic carbocycles. The molecule has 3 rings (SSSR count). The minimum atomic E-state index is -0.838. The van der Waals surface area contributed by atoms with E-state index in [1.54, 1.807) is 32.2 Å². The topological polar surface area (TPSA) is 76.0 Å². The molecule has 1 fully saturated rings. The van der Waals surface area contributed by atoms with Crippen molar-refractivity contribution in [3.05, 3.63) is 48.0 Å². The molecule has 1 aromatic carbocycles.